The Hall–Kier alpha value is -0.530. The zero-order chi connectivity index (χ0) is 7.78. The molecule has 1 aliphatic rings. The molecule has 0 spiro atoms. The summed E-state index contributed by atoms with van der Waals surface area (Å²) in [5, 5.41) is 0. The fourth-order valence-electron chi connectivity index (χ4n) is 1.07. The van der Waals surface area contributed by atoms with Gasteiger partial charge in [-0.2, -0.15) is 0 Å². The molecule has 0 aromatic rings. The van der Waals surface area contributed by atoms with Crippen LogP contribution in [-0.2, 0) is 9.53 Å². The molecule has 0 aromatic heterocycles. The molecule has 1 fully saturated rings. The van der Waals surface area contributed by atoms with Gasteiger partial charge in [0.1, 0.15) is 0 Å². The minimum Gasteiger partial charge on any atom is -0.462 e. The highest BCUT2D eigenvalue weighted by Crippen LogP contribution is 2.30. The van der Waals surface area contributed by atoms with Gasteiger partial charge in [-0.05, 0) is 33.6 Å². The lowest BCUT2D eigenvalue weighted by atomic mass is 9.85. The van der Waals surface area contributed by atoms with E-state index >= 15 is 0 Å². The number of hydrogen-bond donors (Lipinski definition) is 0. The number of carbonyl (C=O) groups is 1. The molecule has 10 heavy (non-hydrogen) atoms. The van der Waals surface area contributed by atoms with Gasteiger partial charge in [0.15, 0.2) is 0 Å². The van der Waals surface area contributed by atoms with Crippen molar-refractivity contribution in [3.8, 4) is 0 Å². The third-order valence-corrected chi connectivity index (χ3v) is 2.04. The van der Waals surface area contributed by atoms with Crippen molar-refractivity contribution in [1.29, 1.82) is 0 Å². The zero-order valence-electron chi connectivity index (χ0n) is 6.81. The Labute approximate surface area is 61.6 Å². The molecule has 1 rings (SSSR count). The van der Waals surface area contributed by atoms with Crippen LogP contribution >= 0.6 is 0 Å². The van der Waals surface area contributed by atoms with Gasteiger partial charge in [0.05, 0.1) is 11.5 Å². The molecule has 0 saturated carbocycles. The van der Waals surface area contributed by atoms with Crippen LogP contribution in [0.4, 0.5) is 0 Å². The summed E-state index contributed by atoms with van der Waals surface area (Å²) in [6.07, 6.45) is 2.08. The SMILES string of the molecule is C[C@@H]1CCC(C)(C)C(=O)O1. The van der Waals surface area contributed by atoms with E-state index in [2.05, 4.69) is 0 Å². The highest BCUT2D eigenvalue weighted by atomic mass is 16.5. The van der Waals surface area contributed by atoms with Crippen molar-refractivity contribution in [2.45, 2.75) is 39.7 Å². The van der Waals surface area contributed by atoms with Crippen LogP contribution in [0.1, 0.15) is 33.6 Å². The van der Waals surface area contributed by atoms with E-state index in [1.54, 1.807) is 0 Å². The maximum Gasteiger partial charge on any atom is 0.311 e. The lowest BCUT2D eigenvalue weighted by molar-refractivity contribution is -0.166. The smallest absolute Gasteiger partial charge is 0.311 e. The second-order valence-corrected chi connectivity index (χ2v) is 3.64. The standard InChI is InChI=1S/C8H14O2/c1-6-4-5-8(2,3)7(9)10-6/h6H,4-5H2,1-3H3/t6-/m1/s1. The summed E-state index contributed by atoms with van der Waals surface area (Å²) >= 11 is 0. The van der Waals surface area contributed by atoms with Gasteiger partial charge in [-0.1, -0.05) is 0 Å². The fourth-order valence-corrected chi connectivity index (χ4v) is 1.07. The first-order valence-electron chi connectivity index (χ1n) is 3.73. The first-order valence-corrected chi connectivity index (χ1v) is 3.73. The molecule has 1 saturated heterocycles. The largest absolute Gasteiger partial charge is 0.462 e. The summed E-state index contributed by atoms with van der Waals surface area (Å²) in [6, 6.07) is 0. The third kappa shape index (κ3) is 1.31. The van der Waals surface area contributed by atoms with E-state index < -0.39 is 0 Å². The van der Waals surface area contributed by atoms with Gasteiger partial charge in [0.2, 0.25) is 0 Å². The van der Waals surface area contributed by atoms with E-state index in [1.165, 1.54) is 0 Å². The minimum atomic E-state index is -0.244. The molecule has 1 aliphatic heterocycles. The lowest BCUT2D eigenvalue weighted by Crippen LogP contribution is -2.35. The molecule has 0 N–H and O–H groups in total. The van der Waals surface area contributed by atoms with Gasteiger partial charge in [-0.3, -0.25) is 4.79 Å². The van der Waals surface area contributed by atoms with Crippen LogP contribution < -0.4 is 0 Å². The summed E-state index contributed by atoms with van der Waals surface area (Å²) in [5.41, 5.74) is -0.244. The average Bonchev–Trinajstić information content (AvgIpc) is 1.81. The molecule has 0 aromatic carbocycles. The monoisotopic (exact) mass is 142 g/mol. The summed E-state index contributed by atoms with van der Waals surface area (Å²) < 4.78 is 5.06. The predicted molar refractivity (Wildman–Crippen MR) is 38.6 cm³/mol. The summed E-state index contributed by atoms with van der Waals surface area (Å²) in [7, 11) is 0. The molecule has 0 aliphatic carbocycles. The second-order valence-electron chi connectivity index (χ2n) is 3.64. The predicted octanol–water partition coefficient (Wildman–Crippen LogP) is 1.74. The van der Waals surface area contributed by atoms with Crippen molar-refractivity contribution >= 4 is 5.97 Å². The van der Waals surface area contributed by atoms with E-state index in [4.69, 9.17) is 4.74 Å². The molecule has 0 bridgehead atoms. The van der Waals surface area contributed by atoms with Crippen LogP contribution in [0.25, 0.3) is 0 Å². The Morgan fingerprint density at radius 1 is 1.60 bits per heavy atom. The van der Waals surface area contributed by atoms with Crippen LogP contribution in [0.3, 0.4) is 0 Å². The van der Waals surface area contributed by atoms with Crippen LogP contribution in [0.15, 0.2) is 0 Å². The van der Waals surface area contributed by atoms with Gasteiger partial charge in [-0.15, -0.1) is 0 Å². The van der Waals surface area contributed by atoms with Crippen molar-refractivity contribution < 1.29 is 9.53 Å². The van der Waals surface area contributed by atoms with E-state index in [0.717, 1.165) is 12.8 Å². The molecule has 0 radical (unpaired) electrons. The van der Waals surface area contributed by atoms with Crippen LogP contribution in [0.5, 0.6) is 0 Å². The quantitative estimate of drug-likeness (QED) is 0.481. The van der Waals surface area contributed by atoms with Crippen molar-refractivity contribution in [2.75, 3.05) is 0 Å². The Kier molecular flexibility index (Phi) is 1.71. The maximum absolute atomic E-state index is 11.1. The third-order valence-electron chi connectivity index (χ3n) is 2.04. The van der Waals surface area contributed by atoms with Gasteiger partial charge >= 0.3 is 5.97 Å². The van der Waals surface area contributed by atoms with Crippen molar-refractivity contribution in [3.63, 3.8) is 0 Å². The van der Waals surface area contributed by atoms with Crippen molar-refractivity contribution in [2.24, 2.45) is 5.41 Å². The van der Waals surface area contributed by atoms with E-state index in [9.17, 15) is 4.79 Å². The molecular weight excluding hydrogens is 128 g/mol. The molecule has 2 nitrogen and oxygen atoms in total. The van der Waals surface area contributed by atoms with E-state index in [1.807, 2.05) is 20.8 Å². The van der Waals surface area contributed by atoms with Crippen molar-refractivity contribution in [1.82, 2.24) is 0 Å². The molecule has 2 heteroatoms. The summed E-state index contributed by atoms with van der Waals surface area (Å²) in [4.78, 5) is 11.1. The molecule has 58 valence electrons. The number of esters is 1. The van der Waals surface area contributed by atoms with Gasteiger partial charge in [-0.25, -0.2) is 0 Å². The fraction of sp³-hybridized carbons (Fsp3) is 0.875. The zero-order valence-corrected chi connectivity index (χ0v) is 6.81. The molecular formula is C8H14O2. The van der Waals surface area contributed by atoms with Crippen LogP contribution in [0, 0.1) is 5.41 Å². The highest BCUT2D eigenvalue weighted by molar-refractivity contribution is 5.76. The molecule has 1 atom stereocenters. The Morgan fingerprint density at radius 3 is 2.60 bits per heavy atom. The summed E-state index contributed by atoms with van der Waals surface area (Å²) in [5.74, 6) is -0.0498. The molecule has 1 heterocycles. The maximum atomic E-state index is 11.1. The van der Waals surface area contributed by atoms with Gasteiger partial charge < -0.3 is 4.74 Å². The second kappa shape index (κ2) is 2.26. The van der Waals surface area contributed by atoms with Crippen LogP contribution in [0.2, 0.25) is 0 Å². The average molecular weight is 142 g/mol. The number of ether oxygens (including phenoxy) is 1. The number of carbonyl (C=O) groups excluding carboxylic acids is 1. The lowest BCUT2D eigenvalue weighted by Gasteiger charge is -2.31. The Morgan fingerprint density at radius 2 is 2.20 bits per heavy atom. The topological polar surface area (TPSA) is 26.3 Å². The number of hydrogen-bond acceptors (Lipinski definition) is 2. The molecule has 0 unspecified atom stereocenters. The number of cyclic esters (lactones) is 1. The van der Waals surface area contributed by atoms with E-state index in [-0.39, 0.29) is 17.5 Å². The van der Waals surface area contributed by atoms with Crippen molar-refractivity contribution in [3.05, 3.63) is 0 Å². The molecule has 0 amide bonds. The summed E-state index contributed by atoms with van der Waals surface area (Å²) in [6.45, 7) is 5.80. The minimum absolute atomic E-state index is 0.0498. The Balaban J connectivity index is 2.61. The Bertz CT molecular complexity index is 149. The first-order chi connectivity index (χ1) is 4.52. The highest BCUT2D eigenvalue weighted by Gasteiger charge is 2.34. The van der Waals surface area contributed by atoms with Gasteiger partial charge in [0.25, 0.3) is 0 Å². The van der Waals surface area contributed by atoms with E-state index in [0.29, 0.717) is 0 Å². The first kappa shape index (κ1) is 7.58. The van der Waals surface area contributed by atoms with Crippen LogP contribution in [-0.4, -0.2) is 12.1 Å². The number of rotatable bonds is 0. The normalized spacial score (nSPS) is 31.5. The van der Waals surface area contributed by atoms with Gasteiger partial charge in [0, 0.05) is 0 Å².